The van der Waals surface area contributed by atoms with Crippen LogP contribution in [0, 0.1) is 0 Å². The molecule has 1 aromatic rings. The molecule has 0 radical (unpaired) electrons. The molecule has 1 saturated heterocycles. The molecular formula is C12H17N3OS. The highest BCUT2D eigenvalue weighted by Crippen LogP contribution is 2.26. The van der Waals surface area contributed by atoms with Gasteiger partial charge in [-0.25, -0.2) is 5.43 Å². The maximum Gasteiger partial charge on any atom is 0.185 e. The number of rotatable bonds is 4. The summed E-state index contributed by atoms with van der Waals surface area (Å²) in [5.74, 6) is 0. The van der Waals surface area contributed by atoms with Crippen LogP contribution >= 0.6 is 12.2 Å². The van der Waals surface area contributed by atoms with Gasteiger partial charge in [-0.1, -0.05) is 37.3 Å². The summed E-state index contributed by atoms with van der Waals surface area (Å²) < 4.78 is 0. The van der Waals surface area contributed by atoms with Crippen molar-refractivity contribution < 1.29 is 5.11 Å². The second-order valence-corrected chi connectivity index (χ2v) is 4.43. The van der Waals surface area contributed by atoms with Gasteiger partial charge in [0.2, 0.25) is 0 Å². The van der Waals surface area contributed by atoms with Crippen LogP contribution in [0.15, 0.2) is 30.3 Å². The number of hydrogen-bond acceptors (Lipinski definition) is 3. The van der Waals surface area contributed by atoms with Crippen LogP contribution in [0.2, 0.25) is 0 Å². The van der Waals surface area contributed by atoms with E-state index in [1.165, 1.54) is 0 Å². The summed E-state index contributed by atoms with van der Waals surface area (Å²) in [6.45, 7) is 2.65. The first-order valence-corrected chi connectivity index (χ1v) is 6.16. The average molecular weight is 251 g/mol. The minimum absolute atomic E-state index is 0.0728. The molecule has 1 heterocycles. The van der Waals surface area contributed by atoms with E-state index in [1.807, 2.05) is 18.2 Å². The van der Waals surface area contributed by atoms with Gasteiger partial charge < -0.3 is 10.4 Å². The molecule has 2 rings (SSSR count). The van der Waals surface area contributed by atoms with Gasteiger partial charge in [0.25, 0.3) is 0 Å². The largest absolute Gasteiger partial charge is 0.394 e. The molecular weight excluding hydrogens is 234 g/mol. The maximum absolute atomic E-state index is 8.99. The molecule has 4 nitrogen and oxygen atoms in total. The molecule has 5 heteroatoms. The third kappa shape index (κ3) is 2.26. The Balaban J connectivity index is 2.26. The lowest BCUT2D eigenvalue weighted by Gasteiger charge is -2.29. The van der Waals surface area contributed by atoms with Gasteiger partial charge in [0.1, 0.15) is 5.66 Å². The van der Waals surface area contributed by atoms with Crippen LogP contribution in [0.5, 0.6) is 0 Å². The van der Waals surface area contributed by atoms with Crippen molar-refractivity contribution in [3.05, 3.63) is 35.9 Å². The SMILES string of the molecule is CC[C@]1(c2ccccc2)NC(=S)N(CCO)N1. The quantitative estimate of drug-likeness (QED) is 0.695. The second kappa shape index (κ2) is 5.00. The number of nitrogens with one attached hydrogen (secondary N) is 2. The van der Waals surface area contributed by atoms with Crippen molar-refractivity contribution in [1.82, 2.24) is 15.8 Å². The van der Waals surface area contributed by atoms with E-state index in [0.717, 1.165) is 12.0 Å². The van der Waals surface area contributed by atoms with Crippen LogP contribution in [-0.2, 0) is 5.66 Å². The predicted molar refractivity (Wildman–Crippen MR) is 71.1 cm³/mol. The van der Waals surface area contributed by atoms with E-state index in [4.69, 9.17) is 17.3 Å². The molecule has 0 unspecified atom stereocenters. The third-order valence-corrected chi connectivity index (χ3v) is 3.33. The number of hydrogen-bond donors (Lipinski definition) is 3. The molecule has 1 aliphatic heterocycles. The summed E-state index contributed by atoms with van der Waals surface area (Å²) in [4.78, 5) is 0. The molecule has 17 heavy (non-hydrogen) atoms. The highest BCUT2D eigenvalue weighted by atomic mass is 32.1. The molecule has 1 aromatic carbocycles. The Labute approximate surface area is 107 Å². The highest BCUT2D eigenvalue weighted by Gasteiger charge is 2.39. The molecule has 0 aromatic heterocycles. The predicted octanol–water partition coefficient (Wildman–Crippen LogP) is 0.936. The van der Waals surface area contributed by atoms with Crippen molar-refractivity contribution in [3.8, 4) is 0 Å². The van der Waals surface area contributed by atoms with Crippen molar-refractivity contribution in [1.29, 1.82) is 0 Å². The van der Waals surface area contributed by atoms with Gasteiger partial charge in [-0.15, -0.1) is 0 Å². The molecule has 92 valence electrons. The summed E-state index contributed by atoms with van der Waals surface area (Å²) in [6.07, 6.45) is 0.860. The second-order valence-electron chi connectivity index (χ2n) is 4.04. The molecule has 0 amide bonds. The number of benzene rings is 1. The Bertz CT molecular complexity index is 398. The van der Waals surface area contributed by atoms with Crippen LogP contribution in [0.25, 0.3) is 0 Å². The van der Waals surface area contributed by atoms with E-state index in [2.05, 4.69) is 29.8 Å². The van der Waals surface area contributed by atoms with Crippen molar-refractivity contribution >= 4 is 17.3 Å². The zero-order valence-electron chi connectivity index (χ0n) is 9.81. The minimum Gasteiger partial charge on any atom is -0.394 e. The van der Waals surface area contributed by atoms with E-state index in [0.29, 0.717) is 11.7 Å². The van der Waals surface area contributed by atoms with E-state index >= 15 is 0 Å². The minimum atomic E-state index is -0.354. The Morgan fingerprint density at radius 2 is 2.06 bits per heavy atom. The lowest BCUT2D eigenvalue weighted by molar-refractivity contribution is 0.175. The number of β-amino-alcohol motifs (C(OH)–C–C–N with tert-alkyl or cyclic N) is 1. The van der Waals surface area contributed by atoms with E-state index in [1.54, 1.807) is 5.01 Å². The first kappa shape index (κ1) is 12.3. The van der Waals surface area contributed by atoms with Crippen LogP contribution in [-0.4, -0.2) is 28.4 Å². The number of aliphatic hydroxyl groups excluding tert-OH is 1. The molecule has 3 N–H and O–H groups in total. The Morgan fingerprint density at radius 1 is 1.35 bits per heavy atom. The first-order valence-electron chi connectivity index (χ1n) is 5.76. The lowest BCUT2D eigenvalue weighted by Crippen LogP contribution is -2.48. The number of thiocarbonyl (C=S) groups is 1. The summed E-state index contributed by atoms with van der Waals surface area (Å²) in [6, 6.07) is 10.1. The first-order chi connectivity index (χ1) is 8.22. The molecule has 1 fully saturated rings. The van der Waals surface area contributed by atoms with Gasteiger partial charge in [0.05, 0.1) is 13.2 Å². The monoisotopic (exact) mass is 251 g/mol. The number of aliphatic hydroxyl groups is 1. The van der Waals surface area contributed by atoms with Gasteiger partial charge in [-0.2, -0.15) is 0 Å². The van der Waals surface area contributed by atoms with Crippen LogP contribution < -0.4 is 10.7 Å². The summed E-state index contributed by atoms with van der Waals surface area (Å²) in [5.41, 5.74) is 4.13. The fraction of sp³-hybridized carbons (Fsp3) is 0.417. The average Bonchev–Trinajstić information content (AvgIpc) is 2.69. The van der Waals surface area contributed by atoms with Gasteiger partial charge in [0.15, 0.2) is 5.11 Å². The van der Waals surface area contributed by atoms with Crippen LogP contribution in [0.1, 0.15) is 18.9 Å². The van der Waals surface area contributed by atoms with Crippen molar-refractivity contribution in [2.24, 2.45) is 0 Å². The zero-order chi connectivity index (χ0) is 12.3. The normalized spacial score (nSPS) is 23.9. The fourth-order valence-corrected chi connectivity index (χ4v) is 2.36. The molecule has 1 aliphatic rings. The topological polar surface area (TPSA) is 47.5 Å². The van der Waals surface area contributed by atoms with E-state index in [9.17, 15) is 0 Å². The van der Waals surface area contributed by atoms with Crippen LogP contribution in [0.3, 0.4) is 0 Å². The summed E-state index contributed by atoms with van der Waals surface area (Å²) >= 11 is 5.26. The molecule has 0 bridgehead atoms. The van der Waals surface area contributed by atoms with Crippen molar-refractivity contribution in [3.63, 3.8) is 0 Å². The molecule has 0 aliphatic carbocycles. The van der Waals surface area contributed by atoms with Gasteiger partial charge in [0, 0.05) is 0 Å². The molecule has 0 spiro atoms. The molecule has 1 atom stereocenters. The van der Waals surface area contributed by atoms with E-state index in [-0.39, 0.29) is 12.3 Å². The van der Waals surface area contributed by atoms with Crippen molar-refractivity contribution in [2.75, 3.05) is 13.2 Å². The van der Waals surface area contributed by atoms with Gasteiger partial charge in [-0.05, 0) is 24.2 Å². The maximum atomic E-state index is 8.99. The van der Waals surface area contributed by atoms with Gasteiger partial charge in [-0.3, -0.25) is 5.01 Å². The summed E-state index contributed by atoms with van der Waals surface area (Å²) in [5, 5.41) is 14.7. The standard InChI is InChI=1S/C12H17N3OS/c1-2-12(10-6-4-3-5-7-10)13-11(17)15(14-12)8-9-16/h3-7,14,16H,2,8-9H2,1H3,(H,13,17)/t12-/m0/s1. The Morgan fingerprint density at radius 3 is 2.65 bits per heavy atom. The third-order valence-electron chi connectivity index (χ3n) is 3.01. The molecule has 0 saturated carbocycles. The Kier molecular flexibility index (Phi) is 3.61. The van der Waals surface area contributed by atoms with Crippen LogP contribution in [0.4, 0.5) is 0 Å². The van der Waals surface area contributed by atoms with Gasteiger partial charge >= 0.3 is 0 Å². The Hall–Kier alpha value is -1.17. The number of hydrazine groups is 1. The highest BCUT2D eigenvalue weighted by molar-refractivity contribution is 7.80. The summed E-state index contributed by atoms with van der Waals surface area (Å²) in [7, 11) is 0. The van der Waals surface area contributed by atoms with E-state index < -0.39 is 0 Å². The number of nitrogens with zero attached hydrogens (tertiary/aromatic N) is 1. The lowest BCUT2D eigenvalue weighted by atomic mass is 9.98. The zero-order valence-corrected chi connectivity index (χ0v) is 10.6. The smallest absolute Gasteiger partial charge is 0.185 e. The fourth-order valence-electron chi connectivity index (χ4n) is 2.05. The van der Waals surface area contributed by atoms with Crippen molar-refractivity contribution in [2.45, 2.75) is 19.0 Å².